The van der Waals surface area contributed by atoms with Gasteiger partial charge in [0, 0.05) is 18.7 Å². The van der Waals surface area contributed by atoms with Crippen molar-refractivity contribution in [3.63, 3.8) is 0 Å². The highest BCUT2D eigenvalue weighted by Crippen LogP contribution is 2.14. The Morgan fingerprint density at radius 3 is 2.43 bits per heavy atom. The molecule has 3 nitrogen and oxygen atoms in total. The second-order valence-corrected chi connectivity index (χ2v) is 5.72. The lowest BCUT2D eigenvalue weighted by molar-refractivity contribution is -0.116. The van der Waals surface area contributed by atoms with Crippen LogP contribution in [0, 0.1) is 19.7 Å². The molecule has 0 aliphatic rings. The number of rotatable bonds is 7. The molecular formula is C19H23FN2O. The van der Waals surface area contributed by atoms with Crippen molar-refractivity contribution < 1.29 is 9.18 Å². The van der Waals surface area contributed by atoms with Gasteiger partial charge in [0.1, 0.15) is 5.82 Å². The van der Waals surface area contributed by atoms with Crippen molar-refractivity contribution in [1.29, 1.82) is 0 Å². The van der Waals surface area contributed by atoms with Crippen LogP contribution in [0.15, 0.2) is 42.5 Å². The Hall–Kier alpha value is -2.20. The lowest BCUT2D eigenvalue weighted by Crippen LogP contribution is -2.23. The first-order chi connectivity index (χ1) is 11.0. The fourth-order valence-electron chi connectivity index (χ4n) is 2.25. The zero-order valence-corrected chi connectivity index (χ0v) is 13.7. The van der Waals surface area contributed by atoms with Gasteiger partial charge in [-0.1, -0.05) is 18.2 Å². The van der Waals surface area contributed by atoms with Crippen LogP contribution in [0.3, 0.4) is 0 Å². The summed E-state index contributed by atoms with van der Waals surface area (Å²) in [6.45, 7) is 5.47. The lowest BCUT2D eigenvalue weighted by Gasteiger charge is -2.08. The molecule has 0 aliphatic heterocycles. The zero-order valence-electron chi connectivity index (χ0n) is 13.7. The van der Waals surface area contributed by atoms with Crippen molar-refractivity contribution in [2.24, 2.45) is 0 Å². The van der Waals surface area contributed by atoms with Gasteiger partial charge in [-0.15, -0.1) is 0 Å². The van der Waals surface area contributed by atoms with E-state index in [2.05, 4.69) is 10.6 Å². The Labute approximate surface area is 136 Å². The summed E-state index contributed by atoms with van der Waals surface area (Å²) in [4.78, 5) is 11.9. The van der Waals surface area contributed by atoms with Gasteiger partial charge in [0.2, 0.25) is 5.91 Å². The van der Waals surface area contributed by atoms with Crippen LogP contribution < -0.4 is 10.6 Å². The summed E-state index contributed by atoms with van der Waals surface area (Å²) in [5.74, 6) is -0.216. The number of hydrogen-bond donors (Lipinski definition) is 2. The van der Waals surface area contributed by atoms with E-state index in [0.29, 0.717) is 13.0 Å². The summed E-state index contributed by atoms with van der Waals surface area (Å²) in [6, 6.07) is 12.4. The number of nitrogens with one attached hydrogen (secondary N) is 2. The molecule has 122 valence electrons. The van der Waals surface area contributed by atoms with Crippen LogP contribution in [0.1, 0.15) is 23.1 Å². The van der Waals surface area contributed by atoms with Crippen molar-refractivity contribution >= 4 is 11.6 Å². The van der Waals surface area contributed by atoms with E-state index in [1.54, 1.807) is 12.1 Å². The standard InChI is InChI=1S/C19H23FN2O/c1-14-3-8-18(13-15(14)2)22-19(23)10-12-21-11-9-16-4-6-17(20)7-5-16/h3-8,13,21H,9-12H2,1-2H3,(H,22,23). The molecule has 23 heavy (non-hydrogen) atoms. The van der Waals surface area contributed by atoms with Gasteiger partial charge >= 0.3 is 0 Å². The summed E-state index contributed by atoms with van der Waals surface area (Å²) in [5, 5.41) is 6.14. The molecule has 0 fully saturated rings. The minimum Gasteiger partial charge on any atom is -0.326 e. The van der Waals surface area contributed by atoms with Gasteiger partial charge < -0.3 is 10.6 Å². The molecule has 2 rings (SSSR count). The molecule has 0 bridgehead atoms. The van der Waals surface area contributed by atoms with Gasteiger partial charge in [0.25, 0.3) is 0 Å². The van der Waals surface area contributed by atoms with Crippen molar-refractivity contribution in [2.45, 2.75) is 26.7 Å². The third-order valence-corrected chi connectivity index (χ3v) is 3.82. The molecule has 0 heterocycles. The number of aryl methyl sites for hydroxylation is 2. The van der Waals surface area contributed by atoms with E-state index < -0.39 is 0 Å². The van der Waals surface area contributed by atoms with Gasteiger partial charge in [-0.25, -0.2) is 4.39 Å². The molecule has 0 atom stereocenters. The van der Waals surface area contributed by atoms with Gasteiger partial charge in [-0.3, -0.25) is 4.79 Å². The number of amides is 1. The molecule has 2 aromatic rings. The minimum atomic E-state index is -0.218. The largest absolute Gasteiger partial charge is 0.326 e. The highest BCUT2D eigenvalue weighted by Gasteiger charge is 2.03. The van der Waals surface area contributed by atoms with Crippen LogP contribution in [-0.4, -0.2) is 19.0 Å². The maximum absolute atomic E-state index is 12.8. The average molecular weight is 314 g/mol. The van der Waals surface area contributed by atoms with Crippen LogP contribution in [0.5, 0.6) is 0 Å². The average Bonchev–Trinajstić information content (AvgIpc) is 2.52. The Bertz CT molecular complexity index is 653. The Morgan fingerprint density at radius 1 is 1.00 bits per heavy atom. The SMILES string of the molecule is Cc1ccc(NC(=O)CCNCCc2ccc(F)cc2)cc1C. The quantitative estimate of drug-likeness (QED) is 0.767. The number of carbonyl (C=O) groups is 1. The van der Waals surface area contributed by atoms with Gasteiger partial charge in [-0.2, -0.15) is 0 Å². The molecule has 2 N–H and O–H groups in total. The molecule has 0 saturated carbocycles. The predicted octanol–water partition coefficient (Wildman–Crippen LogP) is 3.60. The summed E-state index contributed by atoms with van der Waals surface area (Å²) in [5.41, 5.74) is 4.30. The molecule has 0 radical (unpaired) electrons. The van der Waals surface area contributed by atoms with Gasteiger partial charge in [0.15, 0.2) is 0 Å². The Balaban J connectivity index is 1.64. The normalized spacial score (nSPS) is 10.6. The van der Waals surface area contributed by atoms with E-state index in [1.165, 1.54) is 23.3 Å². The molecule has 0 aromatic heterocycles. The first-order valence-electron chi connectivity index (χ1n) is 7.87. The van der Waals surface area contributed by atoms with Crippen LogP contribution >= 0.6 is 0 Å². The Kier molecular flexibility index (Phi) is 6.29. The molecule has 0 aliphatic carbocycles. The highest BCUT2D eigenvalue weighted by atomic mass is 19.1. The maximum Gasteiger partial charge on any atom is 0.225 e. The van der Waals surface area contributed by atoms with E-state index >= 15 is 0 Å². The zero-order chi connectivity index (χ0) is 16.7. The third kappa shape index (κ3) is 5.83. The fraction of sp³-hybridized carbons (Fsp3) is 0.316. The van der Waals surface area contributed by atoms with E-state index in [9.17, 15) is 9.18 Å². The first-order valence-corrected chi connectivity index (χ1v) is 7.87. The number of hydrogen-bond acceptors (Lipinski definition) is 2. The smallest absolute Gasteiger partial charge is 0.225 e. The topological polar surface area (TPSA) is 41.1 Å². The number of carbonyl (C=O) groups excluding carboxylic acids is 1. The molecule has 4 heteroatoms. The summed E-state index contributed by atoms with van der Waals surface area (Å²) in [7, 11) is 0. The fourth-order valence-corrected chi connectivity index (χ4v) is 2.25. The molecule has 2 aromatic carbocycles. The van der Waals surface area contributed by atoms with Crippen LogP contribution in [0.4, 0.5) is 10.1 Å². The maximum atomic E-state index is 12.8. The summed E-state index contributed by atoms with van der Waals surface area (Å²) < 4.78 is 12.8. The van der Waals surface area contributed by atoms with Crippen molar-refractivity contribution in [3.8, 4) is 0 Å². The molecule has 0 unspecified atom stereocenters. The van der Waals surface area contributed by atoms with Gasteiger partial charge in [-0.05, 0) is 67.8 Å². The van der Waals surface area contributed by atoms with Crippen LogP contribution in [0.2, 0.25) is 0 Å². The summed E-state index contributed by atoms with van der Waals surface area (Å²) >= 11 is 0. The highest BCUT2D eigenvalue weighted by molar-refractivity contribution is 5.90. The van der Waals surface area contributed by atoms with Crippen molar-refractivity contribution in [3.05, 3.63) is 65.0 Å². The van der Waals surface area contributed by atoms with Crippen molar-refractivity contribution in [2.75, 3.05) is 18.4 Å². The Morgan fingerprint density at radius 2 is 1.74 bits per heavy atom. The molecule has 1 amide bonds. The minimum absolute atomic E-state index is 0.00235. The predicted molar refractivity (Wildman–Crippen MR) is 92.1 cm³/mol. The second kappa shape index (κ2) is 8.44. The van der Waals surface area contributed by atoms with Crippen LogP contribution in [-0.2, 0) is 11.2 Å². The summed E-state index contributed by atoms with van der Waals surface area (Å²) in [6.07, 6.45) is 1.25. The van der Waals surface area contributed by atoms with Crippen LogP contribution in [0.25, 0.3) is 0 Å². The van der Waals surface area contributed by atoms with Crippen molar-refractivity contribution in [1.82, 2.24) is 5.32 Å². The first kappa shape index (κ1) is 17.2. The monoisotopic (exact) mass is 314 g/mol. The van der Waals surface area contributed by atoms with E-state index in [1.807, 2.05) is 32.0 Å². The number of halogens is 1. The number of anilines is 1. The molecule has 0 spiro atoms. The van der Waals surface area contributed by atoms with E-state index in [4.69, 9.17) is 0 Å². The van der Waals surface area contributed by atoms with E-state index in [-0.39, 0.29) is 11.7 Å². The molecular weight excluding hydrogens is 291 g/mol. The van der Waals surface area contributed by atoms with Gasteiger partial charge in [0.05, 0.1) is 0 Å². The van der Waals surface area contributed by atoms with E-state index in [0.717, 1.165) is 24.2 Å². The lowest BCUT2D eigenvalue weighted by atomic mass is 10.1. The molecule has 0 saturated heterocycles. The number of benzene rings is 2. The second-order valence-electron chi connectivity index (χ2n) is 5.72. The third-order valence-electron chi connectivity index (χ3n) is 3.82.